The molecule has 0 saturated carbocycles. The largest absolute Gasteiger partial charge is 0.496 e. The highest BCUT2D eigenvalue weighted by Gasteiger charge is 2.15. The fraction of sp³-hybridized carbons (Fsp3) is 0.500. The maximum absolute atomic E-state index is 5.69. The van der Waals surface area contributed by atoms with Crippen molar-refractivity contribution in [3.8, 4) is 5.75 Å². The van der Waals surface area contributed by atoms with Crippen LogP contribution in [0.1, 0.15) is 29.7 Å². The quantitative estimate of drug-likeness (QED) is 0.513. The zero-order valence-corrected chi connectivity index (χ0v) is 16.9. The van der Waals surface area contributed by atoms with Gasteiger partial charge in [0.25, 0.3) is 0 Å². The van der Waals surface area contributed by atoms with Gasteiger partial charge in [-0.2, -0.15) is 0 Å². The Hall–Kier alpha value is -2.47. The number of nitrogens with zero attached hydrogens (tertiary/aromatic N) is 1. The first-order valence-corrected chi connectivity index (χ1v) is 10.0. The summed E-state index contributed by atoms with van der Waals surface area (Å²) in [5, 5.41) is 6.83. The molecule has 3 rings (SSSR count). The molecule has 152 valence electrons. The molecule has 6 heteroatoms. The van der Waals surface area contributed by atoms with Crippen LogP contribution in [0.25, 0.3) is 0 Å². The van der Waals surface area contributed by atoms with Crippen molar-refractivity contribution in [3.05, 3.63) is 53.5 Å². The fourth-order valence-corrected chi connectivity index (χ4v) is 3.26. The average molecular weight is 386 g/mol. The molecular weight excluding hydrogens is 354 g/mol. The van der Waals surface area contributed by atoms with E-state index in [0.29, 0.717) is 6.54 Å². The van der Waals surface area contributed by atoms with Gasteiger partial charge in [-0.15, -0.1) is 0 Å². The molecule has 1 aliphatic heterocycles. The highest BCUT2D eigenvalue weighted by Crippen LogP contribution is 2.19. The van der Waals surface area contributed by atoms with Gasteiger partial charge in [-0.25, -0.2) is 0 Å². The van der Waals surface area contributed by atoms with E-state index in [0.717, 1.165) is 68.4 Å². The van der Waals surface area contributed by atoms with Crippen molar-refractivity contribution in [2.45, 2.75) is 38.7 Å². The molecule has 0 bridgehead atoms. The van der Waals surface area contributed by atoms with Gasteiger partial charge in [0.05, 0.1) is 26.0 Å². The number of furan rings is 1. The summed E-state index contributed by atoms with van der Waals surface area (Å²) in [4.78, 5) is 4.72. The van der Waals surface area contributed by atoms with E-state index in [4.69, 9.17) is 18.9 Å². The number of hydrogen-bond donors (Lipinski definition) is 2. The zero-order valence-electron chi connectivity index (χ0n) is 16.9. The smallest absolute Gasteiger partial charge is 0.191 e. The molecule has 1 aromatic heterocycles. The lowest BCUT2D eigenvalue weighted by Gasteiger charge is -2.14. The summed E-state index contributed by atoms with van der Waals surface area (Å²) >= 11 is 0. The number of hydrogen-bond acceptors (Lipinski definition) is 4. The maximum atomic E-state index is 5.69. The Kier molecular flexibility index (Phi) is 7.79. The molecular formula is C22H31N3O3. The Labute approximate surface area is 167 Å². The molecule has 1 atom stereocenters. The van der Waals surface area contributed by atoms with Gasteiger partial charge in [0.1, 0.15) is 11.5 Å². The number of rotatable bonds is 9. The van der Waals surface area contributed by atoms with Crippen molar-refractivity contribution in [1.29, 1.82) is 0 Å². The molecule has 2 N–H and O–H groups in total. The highest BCUT2D eigenvalue weighted by molar-refractivity contribution is 5.79. The van der Waals surface area contributed by atoms with Gasteiger partial charge in [-0.1, -0.05) is 12.1 Å². The fourth-order valence-electron chi connectivity index (χ4n) is 3.26. The van der Waals surface area contributed by atoms with Gasteiger partial charge in [0.15, 0.2) is 5.96 Å². The van der Waals surface area contributed by atoms with Crippen LogP contribution in [0.2, 0.25) is 0 Å². The van der Waals surface area contributed by atoms with Crippen molar-refractivity contribution in [2.24, 2.45) is 4.99 Å². The van der Waals surface area contributed by atoms with Crippen molar-refractivity contribution in [3.63, 3.8) is 0 Å². The molecule has 0 aliphatic carbocycles. The number of benzene rings is 1. The third kappa shape index (κ3) is 6.30. The second kappa shape index (κ2) is 10.8. The second-order valence-electron chi connectivity index (χ2n) is 7.06. The van der Waals surface area contributed by atoms with E-state index in [9.17, 15) is 0 Å². The van der Waals surface area contributed by atoms with Gasteiger partial charge in [0, 0.05) is 26.1 Å². The van der Waals surface area contributed by atoms with Gasteiger partial charge in [-0.05, 0) is 55.5 Å². The van der Waals surface area contributed by atoms with Crippen LogP contribution in [-0.2, 0) is 17.6 Å². The Bertz CT molecular complexity index is 737. The van der Waals surface area contributed by atoms with Crippen LogP contribution in [0.5, 0.6) is 5.75 Å². The number of aliphatic imine (C=N–C) groups is 1. The predicted molar refractivity (Wildman–Crippen MR) is 111 cm³/mol. The lowest BCUT2D eigenvalue weighted by Crippen LogP contribution is -2.40. The summed E-state index contributed by atoms with van der Waals surface area (Å²) < 4.78 is 16.5. The van der Waals surface area contributed by atoms with Gasteiger partial charge >= 0.3 is 0 Å². The summed E-state index contributed by atoms with van der Waals surface area (Å²) in [6.45, 7) is 5.16. The van der Waals surface area contributed by atoms with E-state index in [2.05, 4.69) is 35.8 Å². The highest BCUT2D eigenvalue weighted by atomic mass is 16.5. The van der Waals surface area contributed by atoms with Crippen molar-refractivity contribution < 1.29 is 13.9 Å². The summed E-state index contributed by atoms with van der Waals surface area (Å²) in [6.07, 6.45) is 5.88. The van der Waals surface area contributed by atoms with Gasteiger partial charge < -0.3 is 24.5 Å². The molecule has 0 radical (unpaired) electrons. The van der Waals surface area contributed by atoms with Crippen molar-refractivity contribution in [1.82, 2.24) is 10.6 Å². The standard InChI is InChI=1S/C22H31N3O3/c1-17-7-8-18(15-21(17)26-2)9-11-23-22(25-16-20-6-4-14-28-20)24-12-10-19-5-3-13-27-19/h3,5,7-8,13,15,20H,4,6,9-12,14,16H2,1-2H3,(H2,23,24,25). The molecule has 1 aliphatic rings. The van der Waals surface area contributed by atoms with Crippen LogP contribution < -0.4 is 15.4 Å². The van der Waals surface area contributed by atoms with Crippen LogP contribution in [0.15, 0.2) is 46.0 Å². The first-order chi connectivity index (χ1) is 13.7. The number of ether oxygens (including phenoxy) is 2. The SMILES string of the molecule is COc1cc(CCNC(=NCC2CCCO2)NCCc2ccco2)ccc1C. The lowest BCUT2D eigenvalue weighted by atomic mass is 10.1. The molecule has 1 aromatic carbocycles. The first-order valence-electron chi connectivity index (χ1n) is 10.0. The topological polar surface area (TPSA) is 68.0 Å². The minimum atomic E-state index is 0.241. The molecule has 6 nitrogen and oxygen atoms in total. The van der Waals surface area contributed by atoms with Crippen molar-refractivity contribution >= 4 is 5.96 Å². The van der Waals surface area contributed by atoms with E-state index < -0.39 is 0 Å². The van der Waals surface area contributed by atoms with Crippen LogP contribution in [0.4, 0.5) is 0 Å². The number of methoxy groups -OCH3 is 1. The zero-order chi connectivity index (χ0) is 19.6. The second-order valence-corrected chi connectivity index (χ2v) is 7.06. The van der Waals surface area contributed by atoms with E-state index in [1.165, 1.54) is 5.56 Å². The lowest BCUT2D eigenvalue weighted by molar-refractivity contribution is 0.117. The number of guanidine groups is 1. The average Bonchev–Trinajstić information content (AvgIpc) is 3.41. The van der Waals surface area contributed by atoms with E-state index in [-0.39, 0.29) is 6.10 Å². The summed E-state index contributed by atoms with van der Waals surface area (Å²) in [7, 11) is 1.71. The molecule has 2 heterocycles. The van der Waals surface area contributed by atoms with Crippen LogP contribution in [-0.4, -0.2) is 45.4 Å². The van der Waals surface area contributed by atoms with E-state index in [1.54, 1.807) is 13.4 Å². The molecule has 1 unspecified atom stereocenters. The van der Waals surface area contributed by atoms with Crippen LogP contribution in [0.3, 0.4) is 0 Å². The number of aryl methyl sites for hydroxylation is 1. The minimum absolute atomic E-state index is 0.241. The maximum Gasteiger partial charge on any atom is 0.191 e. The Morgan fingerprint density at radius 1 is 1.21 bits per heavy atom. The molecule has 28 heavy (non-hydrogen) atoms. The normalized spacial score (nSPS) is 16.9. The minimum Gasteiger partial charge on any atom is -0.496 e. The Morgan fingerprint density at radius 2 is 2.07 bits per heavy atom. The van der Waals surface area contributed by atoms with Crippen LogP contribution >= 0.6 is 0 Å². The summed E-state index contributed by atoms with van der Waals surface area (Å²) in [5.74, 6) is 2.72. The van der Waals surface area contributed by atoms with Crippen molar-refractivity contribution in [2.75, 3.05) is 33.4 Å². The molecule has 1 saturated heterocycles. The van der Waals surface area contributed by atoms with Gasteiger partial charge in [-0.3, -0.25) is 4.99 Å². The third-order valence-electron chi connectivity index (χ3n) is 4.90. The Balaban J connectivity index is 1.50. The molecule has 2 aromatic rings. The van der Waals surface area contributed by atoms with E-state index >= 15 is 0 Å². The molecule has 0 amide bonds. The molecule has 0 spiro atoms. The third-order valence-corrected chi connectivity index (χ3v) is 4.90. The Morgan fingerprint density at radius 3 is 2.79 bits per heavy atom. The molecule has 1 fully saturated rings. The van der Waals surface area contributed by atoms with E-state index in [1.807, 2.05) is 12.1 Å². The number of nitrogens with one attached hydrogen (secondary N) is 2. The van der Waals surface area contributed by atoms with Crippen LogP contribution in [0, 0.1) is 6.92 Å². The first kappa shape index (κ1) is 20.3. The predicted octanol–water partition coefficient (Wildman–Crippen LogP) is 3.10. The monoisotopic (exact) mass is 385 g/mol. The summed E-state index contributed by atoms with van der Waals surface area (Å²) in [5.41, 5.74) is 2.39. The summed E-state index contributed by atoms with van der Waals surface area (Å²) in [6, 6.07) is 10.2. The van der Waals surface area contributed by atoms with Gasteiger partial charge in [0.2, 0.25) is 0 Å².